The van der Waals surface area contributed by atoms with Crippen molar-refractivity contribution >= 4 is 0 Å². The van der Waals surface area contributed by atoms with Crippen LogP contribution in [0.5, 0.6) is 0 Å². The van der Waals surface area contributed by atoms with Gasteiger partial charge in [0, 0.05) is 16.8 Å². The van der Waals surface area contributed by atoms with Crippen molar-refractivity contribution in [2.24, 2.45) is 0 Å². The Morgan fingerprint density at radius 2 is 1.56 bits per heavy atom. The second kappa shape index (κ2) is 11.3. The van der Waals surface area contributed by atoms with Crippen LogP contribution in [-0.2, 0) is 16.8 Å². The average Bonchev–Trinajstić information content (AvgIpc) is 1.81. The van der Waals surface area contributed by atoms with Gasteiger partial charge in [-0.15, -0.1) is 0 Å². The van der Waals surface area contributed by atoms with Gasteiger partial charge in [0.15, 0.2) is 0 Å². The van der Waals surface area contributed by atoms with Gasteiger partial charge in [0.1, 0.15) is 0 Å². The monoisotopic (exact) mass is 172 g/mol. The molecule has 0 unspecified atom stereocenters. The summed E-state index contributed by atoms with van der Waals surface area (Å²) in [7, 11) is 0. The molecule has 0 heterocycles. The summed E-state index contributed by atoms with van der Waals surface area (Å²) in [4.78, 5) is 0. The van der Waals surface area contributed by atoms with Crippen molar-refractivity contribution in [1.29, 1.82) is 0 Å². The van der Waals surface area contributed by atoms with E-state index in [1.165, 1.54) is 32.1 Å². The Labute approximate surface area is 69.6 Å². The second-order valence-electron chi connectivity index (χ2n) is 2.27. The fourth-order valence-electron chi connectivity index (χ4n) is 0.780. The third-order valence-corrected chi connectivity index (χ3v) is 1.35. The SMILES string of the molecule is [CH2-]CCCCCCC.[Co]. The first kappa shape index (κ1) is 12.2. The Kier molecular flexibility index (Phi) is 15.4. The molecule has 0 spiro atoms. The molecule has 0 aliphatic rings. The summed E-state index contributed by atoms with van der Waals surface area (Å²) in [6.45, 7) is 6.02. The van der Waals surface area contributed by atoms with Crippen LogP contribution in [0.2, 0.25) is 0 Å². The maximum Gasteiger partial charge on any atom is 0 e. The standard InChI is InChI=1S/C8H17.Co/c1-3-5-7-8-6-4-2;/h1,3-8H2,2H3;/q-1;. The molecule has 1 radical (unpaired) electrons. The van der Waals surface area contributed by atoms with E-state index in [0.29, 0.717) is 0 Å². The number of unbranched alkanes of at least 4 members (excludes halogenated alkanes) is 5. The van der Waals surface area contributed by atoms with Crippen molar-refractivity contribution in [2.45, 2.75) is 45.4 Å². The minimum Gasteiger partial charge on any atom is -0.343 e. The van der Waals surface area contributed by atoms with Crippen LogP contribution < -0.4 is 0 Å². The number of rotatable bonds is 5. The quantitative estimate of drug-likeness (QED) is 0.441. The Morgan fingerprint density at radius 1 is 1.00 bits per heavy atom. The molecule has 0 bridgehead atoms. The summed E-state index contributed by atoms with van der Waals surface area (Å²) in [5, 5.41) is 0. The molecule has 0 N–H and O–H groups in total. The molecule has 0 aromatic rings. The van der Waals surface area contributed by atoms with Crippen molar-refractivity contribution < 1.29 is 16.8 Å². The van der Waals surface area contributed by atoms with Crippen molar-refractivity contribution in [3.8, 4) is 0 Å². The Morgan fingerprint density at radius 3 is 2.00 bits per heavy atom. The van der Waals surface area contributed by atoms with Crippen LogP contribution in [0.1, 0.15) is 45.4 Å². The van der Waals surface area contributed by atoms with E-state index in [-0.39, 0.29) is 16.8 Å². The number of hydrogen-bond acceptors (Lipinski definition) is 0. The average molecular weight is 172 g/mol. The van der Waals surface area contributed by atoms with Crippen LogP contribution in [0, 0.1) is 6.92 Å². The van der Waals surface area contributed by atoms with Crippen LogP contribution in [-0.4, -0.2) is 0 Å². The summed E-state index contributed by atoms with van der Waals surface area (Å²) < 4.78 is 0. The van der Waals surface area contributed by atoms with Crippen LogP contribution in [0.4, 0.5) is 0 Å². The van der Waals surface area contributed by atoms with Crippen LogP contribution >= 0.6 is 0 Å². The molecule has 0 aliphatic heterocycles. The van der Waals surface area contributed by atoms with Gasteiger partial charge in [0.25, 0.3) is 0 Å². The van der Waals surface area contributed by atoms with Gasteiger partial charge >= 0.3 is 0 Å². The molecule has 0 aliphatic carbocycles. The smallest absolute Gasteiger partial charge is 0 e. The van der Waals surface area contributed by atoms with E-state index in [4.69, 9.17) is 0 Å². The Bertz CT molecular complexity index is 29.5. The van der Waals surface area contributed by atoms with Crippen LogP contribution in [0.15, 0.2) is 0 Å². The Hall–Kier alpha value is 0.506. The molecule has 59 valence electrons. The molecule has 0 amide bonds. The zero-order valence-electron chi connectivity index (χ0n) is 6.28. The zero-order valence-corrected chi connectivity index (χ0v) is 7.32. The third kappa shape index (κ3) is 11.9. The molecule has 0 rings (SSSR count). The third-order valence-electron chi connectivity index (χ3n) is 1.35. The van der Waals surface area contributed by atoms with Gasteiger partial charge in [0.05, 0.1) is 0 Å². The predicted octanol–water partition coefficient (Wildman–Crippen LogP) is 3.18. The van der Waals surface area contributed by atoms with Crippen molar-refractivity contribution in [3.63, 3.8) is 0 Å². The van der Waals surface area contributed by atoms with E-state index in [0.717, 1.165) is 6.42 Å². The van der Waals surface area contributed by atoms with Gasteiger partial charge in [-0.25, -0.2) is 0 Å². The molecule has 0 nitrogen and oxygen atoms in total. The summed E-state index contributed by atoms with van der Waals surface area (Å²) >= 11 is 0. The van der Waals surface area contributed by atoms with Gasteiger partial charge in [-0.05, 0) is 0 Å². The van der Waals surface area contributed by atoms with E-state index in [9.17, 15) is 0 Å². The first-order chi connectivity index (χ1) is 3.91. The van der Waals surface area contributed by atoms with Crippen molar-refractivity contribution in [2.75, 3.05) is 0 Å². The zero-order chi connectivity index (χ0) is 6.24. The molecule has 0 saturated carbocycles. The predicted molar refractivity (Wildman–Crippen MR) is 38.7 cm³/mol. The van der Waals surface area contributed by atoms with Crippen molar-refractivity contribution in [3.05, 3.63) is 6.92 Å². The Balaban J connectivity index is 0. The van der Waals surface area contributed by atoms with Crippen LogP contribution in [0.3, 0.4) is 0 Å². The number of hydrogen-bond donors (Lipinski definition) is 0. The molecular formula is C8H17Co-. The second-order valence-corrected chi connectivity index (χ2v) is 2.27. The molecule has 9 heavy (non-hydrogen) atoms. The van der Waals surface area contributed by atoms with Gasteiger partial charge < -0.3 is 6.92 Å². The van der Waals surface area contributed by atoms with Crippen molar-refractivity contribution in [1.82, 2.24) is 0 Å². The fourth-order valence-corrected chi connectivity index (χ4v) is 0.780. The summed E-state index contributed by atoms with van der Waals surface area (Å²) in [5.41, 5.74) is 0. The first-order valence-electron chi connectivity index (χ1n) is 3.71. The normalized spacial score (nSPS) is 8.67. The summed E-state index contributed by atoms with van der Waals surface area (Å²) in [6.07, 6.45) is 7.98. The minimum atomic E-state index is 0. The largest absolute Gasteiger partial charge is 0.343 e. The molecule has 1 heteroatoms. The van der Waals surface area contributed by atoms with Crippen LogP contribution in [0.25, 0.3) is 0 Å². The maximum absolute atomic E-state index is 3.78. The van der Waals surface area contributed by atoms with E-state index < -0.39 is 0 Å². The summed E-state index contributed by atoms with van der Waals surface area (Å²) in [6, 6.07) is 0. The van der Waals surface area contributed by atoms with E-state index >= 15 is 0 Å². The van der Waals surface area contributed by atoms with Gasteiger partial charge in [0.2, 0.25) is 0 Å². The first-order valence-corrected chi connectivity index (χ1v) is 3.71. The molecule has 0 aromatic heterocycles. The maximum atomic E-state index is 3.78. The topological polar surface area (TPSA) is 0 Å². The molecular weight excluding hydrogens is 155 g/mol. The fraction of sp³-hybridized carbons (Fsp3) is 0.875. The summed E-state index contributed by atoms with van der Waals surface area (Å²) in [5.74, 6) is 0. The van der Waals surface area contributed by atoms with E-state index in [2.05, 4.69) is 13.8 Å². The molecule has 0 saturated heterocycles. The van der Waals surface area contributed by atoms with Gasteiger partial charge in [-0.2, -0.15) is 6.42 Å². The molecule has 0 aromatic carbocycles. The van der Waals surface area contributed by atoms with E-state index in [1.54, 1.807) is 0 Å². The van der Waals surface area contributed by atoms with Gasteiger partial charge in [-0.3, -0.25) is 0 Å². The minimum absolute atomic E-state index is 0. The van der Waals surface area contributed by atoms with E-state index in [1.807, 2.05) is 0 Å². The van der Waals surface area contributed by atoms with Gasteiger partial charge in [-0.1, -0.05) is 39.0 Å². The molecule has 0 atom stereocenters. The molecule has 0 fully saturated rings.